The van der Waals surface area contributed by atoms with E-state index in [0.29, 0.717) is 12.0 Å². The molecule has 5 nitrogen and oxygen atoms in total. The van der Waals surface area contributed by atoms with Gasteiger partial charge in [-0.3, -0.25) is 0 Å². The first-order chi connectivity index (χ1) is 12.5. The van der Waals surface area contributed by atoms with Gasteiger partial charge in [0.2, 0.25) is 5.95 Å². The van der Waals surface area contributed by atoms with Gasteiger partial charge in [-0.25, -0.2) is 9.97 Å². The summed E-state index contributed by atoms with van der Waals surface area (Å²) in [4.78, 5) is 11.7. The van der Waals surface area contributed by atoms with E-state index in [0.717, 1.165) is 48.8 Å². The minimum absolute atomic E-state index is 0.344. The van der Waals surface area contributed by atoms with E-state index in [1.165, 1.54) is 6.42 Å². The molecular formula is C21H32N4O. The van der Waals surface area contributed by atoms with E-state index >= 15 is 0 Å². The second kappa shape index (κ2) is 10.1. The summed E-state index contributed by atoms with van der Waals surface area (Å²) in [5, 5.41) is 3.46. The molecule has 0 aliphatic heterocycles. The zero-order valence-corrected chi connectivity index (χ0v) is 16.7. The molecule has 142 valence electrons. The summed E-state index contributed by atoms with van der Waals surface area (Å²) in [6.07, 6.45) is 2.28. The normalized spacial score (nSPS) is 12.2. The van der Waals surface area contributed by atoms with Crippen LogP contribution in [0.4, 0.5) is 5.95 Å². The highest BCUT2D eigenvalue weighted by atomic mass is 16.5. The molecule has 0 saturated carbocycles. The van der Waals surface area contributed by atoms with Crippen LogP contribution in [-0.2, 0) is 0 Å². The molecule has 1 aromatic heterocycles. The fraction of sp³-hybridized carbons (Fsp3) is 0.524. The van der Waals surface area contributed by atoms with Crippen molar-refractivity contribution in [2.24, 2.45) is 0 Å². The first kappa shape index (κ1) is 20.2. The third-order valence-electron chi connectivity index (χ3n) is 4.62. The van der Waals surface area contributed by atoms with E-state index in [1.807, 2.05) is 37.3 Å². The van der Waals surface area contributed by atoms with Crippen molar-refractivity contribution >= 4 is 5.95 Å². The average Bonchev–Trinajstić information content (AvgIpc) is 2.65. The second-order valence-corrected chi connectivity index (χ2v) is 6.66. The molecule has 0 aliphatic carbocycles. The van der Waals surface area contributed by atoms with Crippen molar-refractivity contribution in [1.29, 1.82) is 0 Å². The van der Waals surface area contributed by atoms with E-state index in [2.05, 4.69) is 36.0 Å². The molecule has 26 heavy (non-hydrogen) atoms. The lowest BCUT2D eigenvalue weighted by Gasteiger charge is -2.20. The predicted molar refractivity (Wildman–Crippen MR) is 109 cm³/mol. The maximum Gasteiger partial charge on any atom is 0.223 e. The Labute approximate surface area is 157 Å². The molecule has 5 heteroatoms. The van der Waals surface area contributed by atoms with Crippen LogP contribution in [0.25, 0.3) is 11.3 Å². The molecule has 0 radical (unpaired) electrons. The zero-order valence-electron chi connectivity index (χ0n) is 16.7. The van der Waals surface area contributed by atoms with Crippen LogP contribution in [-0.4, -0.2) is 47.7 Å². The number of hydrogen-bond acceptors (Lipinski definition) is 5. The van der Waals surface area contributed by atoms with Crippen LogP contribution in [0.1, 0.15) is 39.3 Å². The Hall–Kier alpha value is -2.14. The molecule has 0 bridgehead atoms. The molecule has 1 N–H and O–H groups in total. The maximum atomic E-state index is 5.23. The van der Waals surface area contributed by atoms with Crippen LogP contribution >= 0.6 is 0 Å². The quantitative estimate of drug-likeness (QED) is 0.684. The van der Waals surface area contributed by atoms with Crippen molar-refractivity contribution in [3.05, 3.63) is 36.0 Å². The molecule has 1 aromatic carbocycles. The van der Waals surface area contributed by atoms with Gasteiger partial charge in [0.1, 0.15) is 5.75 Å². The highest BCUT2D eigenvalue weighted by Crippen LogP contribution is 2.22. The Morgan fingerprint density at radius 1 is 1.12 bits per heavy atom. The van der Waals surface area contributed by atoms with Crippen LogP contribution in [0, 0.1) is 6.92 Å². The van der Waals surface area contributed by atoms with Crippen LogP contribution < -0.4 is 10.1 Å². The van der Waals surface area contributed by atoms with Crippen molar-refractivity contribution in [2.75, 3.05) is 32.1 Å². The monoisotopic (exact) mass is 356 g/mol. The van der Waals surface area contributed by atoms with Crippen molar-refractivity contribution in [2.45, 2.75) is 46.6 Å². The first-order valence-electron chi connectivity index (χ1n) is 9.54. The molecule has 0 spiro atoms. The molecule has 0 aliphatic rings. The van der Waals surface area contributed by atoms with Crippen LogP contribution in [0.2, 0.25) is 0 Å². The van der Waals surface area contributed by atoms with Gasteiger partial charge < -0.3 is 15.0 Å². The van der Waals surface area contributed by atoms with Gasteiger partial charge in [-0.15, -0.1) is 0 Å². The largest absolute Gasteiger partial charge is 0.497 e. The summed E-state index contributed by atoms with van der Waals surface area (Å²) in [6, 6.07) is 10.3. The third kappa shape index (κ3) is 5.99. The molecule has 1 unspecified atom stereocenters. The number of ether oxygens (including phenoxy) is 1. The number of rotatable bonds is 10. The van der Waals surface area contributed by atoms with E-state index in [9.17, 15) is 0 Å². The fourth-order valence-corrected chi connectivity index (χ4v) is 3.00. The van der Waals surface area contributed by atoms with E-state index < -0.39 is 0 Å². The van der Waals surface area contributed by atoms with Crippen molar-refractivity contribution in [1.82, 2.24) is 14.9 Å². The average molecular weight is 357 g/mol. The fourth-order valence-electron chi connectivity index (χ4n) is 3.00. The van der Waals surface area contributed by atoms with Crippen molar-refractivity contribution in [3.8, 4) is 17.0 Å². The van der Waals surface area contributed by atoms with Gasteiger partial charge in [0.05, 0.1) is 12.8 Å². The van der Waals surface area contributed by atoms with E-state index in [-0.39, 0.29) is 0 Å². The summed E-state index contributed by atoms with van der Waals surface area (Å²) in [6.45, 7) is 12.0. The number of nitrogens with zero attached hydrogens (tertiary/aromatic N) is 3. The second-order valence-electron chi connectivity index (χ2n) is 6.66. The van der Waals surface area contributed by atoms with Gasteiger partial charge in [-0.1, -0.05) is 13.8 Å². The Morgan fingerprint density at radius 2 is 1.81 bits per heavy atom. The standard InChI is InChI=1S/C21H32N4O/c1-6-25(7-2)14-8-9-16(3)22-21-23-17(4)15-20(24-21)18-10-12-19(26-5)13-11-18/h10-13,15-16H,6-9,14H2,1-5H3,(H,22,23,24). The molecule has 1 atom stereocenters. The number of aromatic nitrogens is 2. The Morgan fingerprint density at radius 3 is 2.42 bits per heavy atom. The molecule has 0 fully saturated rings. The number of aryl methyl sites for hydroxylation is 1. The third-order valence-corrected chi connectivity index (χ3v) is 4.62. The minimum atomic E-state index is 0.344. The molecule has 0 saturated heterocycles. The lowest BCUT2D eigenvalue weighted by Crippen LogP contribution is -2.26. The van der Waals surface area contributed by atoms with E-state index in [4.69, 9.17) is 9.72 Å². The summed E-state index contributed by atoms with van der Waals surface area (Å²) >= 11 is 0. The highest BCUT2D eigenvalue weighted by molar-refractivity contribution is 5.61. The highest BCUT2D eigenvalue weighted by Gasteiger charge is 2.09. The van der Waals surface area contributed by atoms with Crippen molar-refractivity contribution < 1.29 is 4.74 Å². The number of hydrogen-bond donors (Lipinski definition) is 1. The first-order valence-corrected chi connectivity index (χ1v) is 9.54. The maximum absolute atomic E-state index is 5.23. The van der Waals surface area contributed by atoms with Crippen LogP contribution in [0.3, 0.4) is 0 Å². The smallest absolute Gasteiger partial charge is 0.223 e. The van der Waals surface area contributed by atoms with Gasteiger partial charge in [-0.05, 0) is 76.7 Å². The molecule has 0 amide bonds. The Bertz CT molecular complexity index is 668. The van der Waals surface area contributed by atoms with Gasteiger partial charge in [0.25, 0.3) is 0 Å². The zero-order chi connectivity index (χ0) is 18.9. The summed E-state index contributed by atoms with van der Waals surface area (Å²) < 4.78 is 5.23. The van der Waals surface area contributed by atoms with Crippen LogP contribution in [0.15, 0.2) is 30.3 Å². The summed E-state index contributed by atoms with van der Waals surface area (Å²) in [5.41, 5.74) is 2.95. The molecule has 1 heterocycles. The number of anilines is 1. The number of methoxy groups -OCH3 is 1. The summed E-state index contributed by atoms with van der Waals surface area (Å²) in [7, 11) is 1.67. The van der Waals surface area contributed by atoms with Gasteiger partial charge in [0, 0.05) is 17.3 Å². The Balaban J connectivity index is 1.99. The lowest BCUT2D eigenvalue weighted by molar-refractivity contribution is 0.295. The number of nitrogens with one attached hydrogen (secondary N) is 1. The topological polar surface area (TPSA) is 50.3 Å². The van der Waals surface area contributed by atoms with Gasteiger partial charge in [-0.2, -0.15) is 0 Å². The van der Waals surface area contributed by atoms with Crippen LogP contribution in [0.5, 0.6) is 5.75 Å². The van der Waals surface area contributed by atoms with E-state index in [1.54, 1.807) is 7.11 Å². The number of benzene rings is 1. The lowest BCUT2D eigenvalue weighted by atomic mass is 10.1. The Kier molecular flexibility index (Phi) is 7.85. The molecule has 2 aromatic rings. The van der Waals surface area contributed by atoms with Gasteiger partial charge in [0.15, 0.2) is 0 Å². The summed E-state index contributed by atoms with van der Waals surface area (Å²) in [5.74, 6) is 1.55. The van der Waals surface area contributed by atoms with Gasteiger partial charge >= 0.3 is 0 Å². The minimum Gasteiger partial charge on any atom is -0.497 e. The molecule has 2 rings (SSSR count). The van der Waals surface area contributed by atoms with Crippen molar-refractivity contribution in [3.63, 3.8) is 0 Å². The predicted octanol–water partition coefficient (Wildman–Crippen LogP) is 4.38. The molecular weight excluding hydrogens is 324 g/mol. The SMILES string of the molecule is CCN(CC)CCCC(C)Nc1nc(C)cc(-c2ccc(OC)cc2)n1.